The molecule has 1 heterocycles. The number of hydrogen-bond acceptors (Lipinski definition) is 2. The monoisotopic (exact) mass is 308 g/mol. The van der Waals surface area contributed by atoms with Gasteiger partial charge in [-0.3, -0.25) is 4.68 Å². The molecule has 0 radical (unpaired) electrons. The molecule has 0 aliphatic heterocycles. The van der Waals surface area contributed by atoms with Crippen LogP contribution in [0.15, 0.2) is 24.3 Å². The summed E-state index contributed by atoms with van der Waals surface area (Å²) in [4.78, 5) is 10.5. The van der Waals surface area contributed by atoms with Gasteiger partial charge in [0, 0.05) is 6.08 Å². The number of carboxylic acids is 1. The van der Waals surface area contributed by atoms with Crippen molar-refractivity contribution in [2.24, 2.45) is 0 Å². The second kappa shape index (κ2) is 6.10. The molecule has 1 aromatic carbocycles. The van der Waals surface area contributed by atoms with Crippen LogP contribution in [0.5, 0.6) is 0 Å². The Labute approximate surface area is 126 Å². The Morgan fingerprint density at radius 1 is 1.43 bits per heavy atom. The molecule has 21 heavy (non-hydrogen) atoms. The Hall–Kier alpha value is -2.14. The highest BCUT2D eigenvalue weighted by Crippen LogP contribution is 2.20. The van der Waals surface area contributed by atoms with Gasteiger partial charge in [-0.05, 0) is 49.2 Å². The summed E-state index contributed by atoms with van der Waals surface area (Å²) in [6, 6.07) is 4.38. The van der Waals surface area contributed by atoms with Gasteiger partial charge in [-0.2, -0.15) is 5.10 Å². The standard InChI is InChI=1S/C15H14ClFN2O2/c1-9-15(16)10(2)19(18-9)8-12-5-11(3-4-14(20)21)6-13(17)7-12/h3-7H,8H2,1-2H3,(H,20,21). The Kier molecular flexibility index (Phi) is 4.43. The fourth-order valence-electron chi connectivity index (χ4n) is 2.03. The highest BCUT2D eigenvalue weighted by molar-refractivity contribution is 6.31. The Balaban J connectivity index is 2.31. The topological polar surface area (TPSA) is 55.1 Å². The molecule has 0 saturated heterocycles. The number of aromatic nitrogens is 2. The van der Waals surface area contributed by atoms with Gasteiger partial charge in [0.05, 0.1) is 23.0 Å². The van der Waals surface area contributed by atoms with Crippen LogP contribution < -0.4 is 0 Å². The van der Waals surface area contributed by atoms with Crippen LogP contribution in [0.1, 0.15) is 22.5 Å². The summed E-state index contributed by atoms with van der Waals surface area (Å²) in [6.45, 7) is 4.01. The van der Waals surface area contributed by atoms with E-state index in [2.05, 4.69) is 5.10 Å². The maximum absolute atomic E-state index is 13.6. The van der Waals surface area contributed by atoms with Crippen molar-refractivity contribution in [3.05, 3.63) is 57.6 Å². The first kappa shape index (κ1) is 15.3. The second-order valence-corrected chi connectivity index (χ2v) is 5.08. The molecular formula is C15H14ClFN2O2. The third kappa shape index (κ3) is 3.70. The van der Waals surface area contributed by atoms with Gasteiger partial charge in [-0.25, -0.2) is 9.18 Å². The summed E-state index contributed by atoms with van der Waals surface area (Å²) in [7, 11) is 0. The maximum atomic E-state index is 13.6. The summed E-state index contributed by atoms with van der Waals surface area (Å²) in [6.07, 6.45) is 2.32. The van der Waals surface area contributed by atoms with Crippen LogP contribution in [-0.2, 0) is 11.3 Å². The molecule has 0 atom stereocenters. The lowest BCUT2D eigenvalue weighted by atomic mass is 10.1. The van der Waals surface area contributed by atoms with Crippen LogP contribution in [0, 0.1) is 19.7 Å². The van der Waals surface area contributed by atoms with E-state index in [9.17, 15) is 9.18 Å². The van der Waals surface area contributed by atoms with E-state index >= 15 is 0 Å². The molecule has 2 rings (SSSR count). The molecule has 0 unspecified atom stereocenters. The molecule has 110 valence electrons. The Morgan fingerprint density at radius 3 is 2.71 bits per heavy atom. The lowest BCUT2D eigenvalue weighted by Crippen LogP contribution is -2.04. The Bertz CT molecular complexity index is 723. The van der Waals surface area contributed by atoms with E-state index < -0.39 is 11.8 Å². The number of benzene rings is 1. The zero-order valence-electron chi connectivity index (χ0n) is 11.6. The number of aliphatic carboxylic acids is 1. The molecule has 0 fully saturated rings. The highest BCUT2D eigenvalue weighted by atomic mass is 35.5. The average Bonchev–Trinajstić information content (AvgIpc) is 2.63. The molecular weight excluding hydrogens is 295 g/mol. The van der Waals surface area contributed by atoms with Crippen molar-refractivity contribution >= 4 is 23.6 Å². The molecule has 0 spiro atoms. The molecule has 0 amide bonds. The van der Waals surface area contributed by atoms with E-state index in [1.807, 2.05) is 6.92 Å². The third-order valence-electron chi connectivity index (χ3n) is 3.02. The normalized spacial score (nSPS) is 11.2. The summed E-state index contributed by atoms with van der Waals surface area (Å²) < 4.78 is 15.3. The van der Waals surface area contributed by atoms with Crippen LogP contribution in [-0.4, -0.2) is 20.9 Å². The summed E-state index contributed by atoms with van der Waals surface area (Å²) >= 11 is 6.08. The van der Waals surface area contributed by atoms with E-state index in [1.54, 1.807) is 17.7 Å². The number of nitrogens with zero attached hydrogens (tertiary/aromatic N) is 2. The third-order valence-corrected chi connectivity index (χ3v) is 3.57. The second-order valence-electron chi connectivity index (χ2n) is 4.71. The van der Waals surface area contributed by atoms with E-state index in [1.165, 1.54) is 18.2 Å². The van der Waals surface area contributed by atoms with Crippen molar-refractivity contribution in [3.8, 4) is 0 Å². The number of rotatable bonds is 4. The van der Waals surface area contributed by atoms with Crippen molar-refractivity contribution in [1.29, 1.82) is 0 Å². The summed E-state index contributed by atoms with van der Waals surface area (Å²) in [5.41, 5.74) is 2.69. The fourth-order valence-corrected chi connectivity index (χ4v) is 2.17. The first-order chi connectivity index (χ1) is 9.86. The molecule has 0 bridgehead atoms. The van der Waals surface area contributed by atoms with Gasteiger partial charge in [0.2, 0.25) is 0 Å². The number of carboxylic acid groups (broad SMARTS) is 1. The molecule has 1 N–H and O–H groups in total. The predicted molar refractivity (Wildman–Crippen MR) is 78.9 cm³/mol. The molecule has 2 aromatic rings. The molecule has 4 nitrogen and oxygen atoms in total. The van der Waals surface area contributed by atoms with Crippen LogP contribution in [0.3, 0.4) is 0 Å². The fraction of sp³-hybridized carbons (Fsp3) is 0.200. The number of halogens is 2. The smallest absolute Gasteiger partial charge is 0.328 e. The van der Waals surface area contributed by atoms with Gasteiger partial charge in [-0.1, -0.05) is 11.6 Å². The molecule has 0 aliphatic rings. The first-order valence-corrected chi connectivity index (χ1v) is 6.64. The van der Waals surface area contributed by atoms with Gasteiger partial charge < -0.3 is 5.11 Å². The van der Waals surface area contributed by atoms with Crippen LogP contribution in [0.25, 0.3) is 6.08 Å². The zero-order chi connectivity index (χ0) is 15.6. The minimum absolute atomic E-state index is 0.366. The minimum Gasteiger partial charge on any atom is -0.478 e. The molecule has 1 aromatic heterocycles. The largest absolute Gasteiger partial charge is 0.478 e. The number of hydrogen-bond donors (Lipinski definition) is 1. The van der Waals surface area contributed by atoms with Crippen LogP contribution in [0.2, 0.25) is 5.02 Å². The first-order valence-electron chi connectivity index (χ1n) is 6.27. The van der Waals surface area contributed by atoms with Gasteiger partial charge >= 0.3 is 5.97 Å². The van der Waals surface area contributed by atoms with Gasteiger partial charge in [-0.15, -0.1) is 0 Å². The average molecular weight is 309 g/mol. The van der Waals surface area contributed by atoms with E-state index in [-0.39, 0.29) is 0 Å². The zero-order valence-corrected chi connectivity index (χ0v) is 12.4. The lowest BCUT2D eigenvalue weighted by Gasteiger charge is -2.06. The summed E-state index contributed by atoms with van der Waals surface area (Å²) in [5, 5.41) is 13.5. The quantitative estimate of drug-likeness (QED) is 0.880. The lowest BCUT2D eigenvalue weighted by molar-refractivity contribution is -0.131. The minimum atomic E-state index is -1.08. The number of aryl methyl sites for hydroxylation is 1. The molecule has 0 aliphatic carbocycles. The van der Waals surface area contributed by atoms with Crippen LogP contribution in [0.4, 0.5) is 4.39 Å². The van der Waals surface area contributed by atoms with Crippen molar-refractivity contribution in [2.75, 3.05) is 0 Å². The predicted octanol–water partition coefficient (Wildman–Crippen LogP) is 3.44. The molecule has 0 saturated carbocycles. The number of carbonyl (C=O) groups is 1. The van der Waals surface area contributed by atoms with Crippen molar-refractivity contribution in [2.45, 2.75) is 20.4 Å². The van der Waals surface area contributed by atoms with Gasteiger partial charge in [0.15, 0.2) is 0 Å². The summed E-state index contributed by atoms with van der Waals surface area (Å²) in [5.74, 6) is -1.50. The highest BCUT2D eigenvalue weighted by Gasteiger charge is 2.10. The molecule has 6 heteroatoms. The maximum Gasteiger partial charge on any atom is 0.328 e. The SMILES string of the molecule is Cc1nn(Cc2cc(F)cc(C=CC(=O)O)c2)c(C)c1Cl. The van der Waals surface area contributed by atoms with Crippen molar-refractivity contribution in [3.63, 3.8) is 0 Å². The van der Waals surface area contributed by atoms with E-state index in [0.717, 1.165) is 17.5 Å². The van der Waals surface area contributed by atoms with E-state index in [0.29, 0.717) is 22.7 Å². The Morgan fingerprint density at radius 2 is 2.14 bits per heavy atom. The van der Waals surface area contributed by atoms with Crippen molar-refractivity contribution in [1.82, 2.24) is 9.78 Å². The van der Waals surface area contributed by atoms with Gasteiger partial charge in [0.25, 0.3) is 0 Å². The van der Waals surface area contributed by atoms with Crippen molar-refractivity contribution < 1.29 is 14.3 Å². The van der Waals surface area contributed by atoms with Gasteiger partial charge in [0.1, 0.15) is 5.82 Å². The van der Waals surface area contributed by atoms with Crippen LogP contribution >= 0.6 is 11.6 Å². The van der Waals surface area contributed by atoms with E-state index in [4.69, 9.17) is 16.7 Å².